The Balaban J connectivity index is 1.35. The second kappa shape index (κ2) is 7.18. The molecule has 9 nitrogen and oxygen atoms in total. The van der Waals surface area contributed by atoms with Crippen LogP contribution < -0.4 is 10.1 Å². The molecule has 3 aromatic rings. The molecule has 0 saturated heterocycles. The highest BCUT2D eigenvalue weighted by Crippen LogP contribution is 2.40. The Hall–Kier alpha value is -3.23. The van der Waals surface area contributed by atoms with Gasteiger partial charge in [0.2, 0.25) is 0 Å². The summed E-state index contributed by atoms with van der Waals surface area (Å²) in [6, 6.07) is 9.35. The lowest BCUT2D eigenvalue weighted by Gasteiger charge is -2.15. The standard InChI is InChI=1S/C18H21N7O2/c1-12-9-17(25(21-12)13(2)14-3-4-14)20-18(26)10-27-16-7-5-15(6-8-16)24-11-19-22-23-24/h5-9,11,13-14H,3-4,10H2,1-2H3,(H,20,26). The highest BCUT2D eigenvalue weighted by Gasteiger charge is 2.31. The number of aryl methyl sites for hydroxylation is 1. The molecule has 27 heavy (non-hydrogen) atoms. The number of carbonyl (C=O) groups is 1. The first-order valence-corrected chi connectivity index (χ1v) is 8.92. The van der Waals surface area contributed by atoms with Crippen molar-refractivity contribution in [3.8, 4) is 11.4 Å². The number of anilines is 1. The monoisotopic (exact) mass is 367 g/mol. The number of tetrazole rings is 1. The van der Waals surface area contributed by atoms with Crippen LogP contribution in [0.1, 0.15) is 31.5 Å². The second-order valence-corrected chi connectivity index (χ2v) is 6.78. The molecular weight excluding hydrogens is 346 g/mol. The summed E-state index contributed by atoms with van der Waals surface area (Å²) in [6.45, 7) is 3.99. The maximum absolute atomic E-state index is 12.3. The largest absolute Gasteiger partial charge is 0.484 e. The average Bonchev–Trinajstić information content (AvgIpc) is 3.25. The van der Waals surface area contributed by atoms with Gasteiger partial charge >= 0.3 is 0 Å². The molecule has 0 aliphatic heterocycles. The number of aromatic nitrogens is 6. The molecule has 2 heterocycles. The molecule has 1 aromatic carbocycles. The lowest BCUT2D eigenvalue weighted by molar-refractivity contribution is -0.118. The number of rotatable bonds is 7. The van der Waals surface area contributed by atoms with Crippen LogP contribution in [0.2, 0.25) is 0 Å². The molecule has 0 radical (unpaired) electrons. The van der Waals surface area contributed by atoms with Gasteiger partial charge in [-0.2, -0.15) is 5.10 Å². The lowest BCUT2D eigenvalue weighted by Crippen LogP contribution is -2.23. The number of hydrogen-bond acceptors (Lipinski definition) is 6. The van der Waals surface area contributed by atoms with Crippen LogP contribution in [0, 0.1) is 12.8 Å². The van der Waals surface area contributed by atoms with Gasteiger partial charge in [-0.1, -0.05) is 0 Å². The van der Waals surface area contributed by atoms with Crippen LogP contribution in [0.15, 0.2) is 36.7 Å². The van der Waals surface area contributed by atoms with Crippen molar-refractivity contribution >= 4 is 11.7 Å². The molecule has 140 valence electrons. The van der Waals surface area contributed by atoms with Gasteiger partial charge in [0.25, 0.3) is 5.91 Å². The first kappa shape index (κ1) is 17.2. The van der Waals surface area contributed by atoms with Crippen molar-refractivity contribution in [3.63, 3.8) is 0 Å². The first-order valence-electron chi connectivity index (χ1n) is 8.92. The van der Waals surface area contributed by atoms with Crippen LogP contribution in [0.5, 0.6) is 5.75 Å². The van der Waals surface area contributed by atoms with E-state index in [2.05, 4.69) is 32.9 Å². The number of nitrogens with zero attached hydrogens (tertiary/aromatic N) is 6. The highest BCUT2D eigenvalue weighted by molar-refractivity contribution is 5.91. The van der Waals surface area contributed by atoms with Crippen molar-refractivity contribution in [1.29, 1.82) is 0 Å². The molecule has 4 rings (SSSR count). The Bertz CT molecular complexity index is 914. The van der Waals surface area contributed by atoms with Gasteiger partial charge in [-0.25, -0.2) is 9.36 Å². The Labute approximate surface area is 156 Å². The molecule has 1 unspecified atom stereocenters. The van der Waals surface area contributed by atoms with Crippen LogP contribution in [-0.2, 0) is 4.79 Å². The SMILES string of the molecule is Cc1cc(NC(=O)COc2ccc(-n3cnnn3)cc2)n(C(C)C2CC2)n1. The van der Waals surface area contributed by atoms with Crippen molar-refractivity contribution in [2.75, 3.05) is 11.9 Å². The van der Waals surface area contributed by atoms with Gasteiger partial charge in [0.1, 0.15) is 17.9 Å². The molecule has 1 N–H and O–H groups in total. The van der Waals surface area contributed by atoms with Crippen LogP contribution in [0.25, 0.3) is 5.69 Å². The smallest absolute Gasteiger partial charge is 0.263 e. The zero-order valence-corrected chi connectivity index (χ0v) is 15.2. The van der Waals surface area contributed by atoms with Gasteiger partial charge in [-0.3, -0.25) is 4.79 Å². The predicted molar refractivity (Wildman–Crippen MR) is 97.7 cm³/mol. The topological polar surface area (TPSA) is 99.7 Å². The number of benzene rings is 1. The summed E-state index contributed by atoms with van der Waals surface area (Å²) >= 11 is 0. The number of nitrogens with one attached hydrogen (secondary N) is 1. The Kier molecular flexibility index (Phi) is 4.57. The molecule has 1 saturated carbocycles. The van der Waals surface area contributed by atoms with E-state index in [1.807, 2.05) is 29.8 Å². The normalized spacial score (nSPS) is 14.7. The fraction of sp³-hybridized carbons (Fsp3) is 0.389. The van der Waals surface area contributed by atoms with Gasteiger partial charge in [0.15, 0.2) is 6.61 Å². The van der Waals surface area contributed by atoms with Crippen molar-refractivity contribution in [2.45, 2.75) is 32.7 Å². The third-order valence-corrected chi connectivity index (χ3v) is 4.64. The fourth-order valence-electron chi connectivity index (χ4n) is 3.00. The minimum absolute atomic E-state index is 0.0771. The van der Waals surface area contributed by atoms with E-state index >= 15 is 0 Å². The van der Waals surface area contributed by atoms with E-state index in [0.29, 0.717) is 11.7 Å². The minimum atomic E-state index is -0.219. The van der Waals surface area contributed by atoms with E-state index in [9.17, 15) is 4.79 Å². The van der Waals surface area contributed by atoms with E-state index in [1.54, 1.807) is 16.8 Å². The molecule has 1 fully saturated rings. The molecule has 0 spiro atoms. The molecule has 0 bridgehead atoms. The molecule has 1 aliphatic rings. The van der Waals surface area contributed by atoms with E-state index in [4.69, 9.17) is 4.74 Å². The predicted octanol–water partition coefficient (Wildman–Crippen LogP) is 2.16. The maximum Gasteiger partial charge on any atom is 0.263 e. The minimum Gasteiger partial charge on any atom is -0.484 e. The number of hydrogen-bond donors (Lipinski definition) is 1. The van der Waals surface area contributed by atoms with Crippen LogP contribution in [-0.4, -0.2) is 42.5 Å². The summed E-state index contributed by atoms with van der Waals surface area (Å²) in [5.41, 5.74) is 1.70. The van der Waals surface area contributed by atoms with Crippen LogP contribution >= 0.6 is 0 Å². The molecule has 9 heteroatoms. The maximum atomic E-state index is 12.3. The van der Waals surface area contributed by atoms with Gasteiger partial charge in [-0.05, 0) is 67.3 Å². The number of ether oxygens (including phenoxy) is 1. The highest BCUT2D eigenvalue weighted by atomic mass is 16.5. The fourth-order valence-corrected chi connectivity index (χ4v) is 3.00. The first-order chi connectivity index (χ1) is 13.1. The summed E-state index contributed by atoms with van der Waals surface area (Å²) in [5.74, 6) is 1.74. The summed E-state index contributed by atoms with van der Waals surface area (Å²) in [6.07, 6.45) is 3.95. The van der Waals surface area contributed by atoms with Gasteiger partial charge in [0, 0.05) is 6.07 Å². The summed E-state index contributed by atoms with van der Waals surface area (Å²) < 4.78 is 9.03. The quantitative estimate of drug-likeness (QED) is 0.687. The molecular formula is C18H21N7O2. The summed E-state index contributed by atoms with van der Waals surface area (Å²) in [7, 11) is 0. The van der Waals surface area contributed by atoms with Gasteiger partial charge in [0.05, 0.1) is 17.4 Å². The van der Waals surface area contributed by atoms with Crippen molar-refractivity contribution in [3.05, 3.63) is 42.4 Å². The lowest BCUT2D eigenvalue weighted by atomic mass is 10.2. The zero-order chi connectivity index (χ0) is 18.8. The zero-order valence-electron chi connectivity index (χ0n) is 15.2. The third kappa shape index (κ3) is 3.97. The Morgan fingerprint density at radius 2 is 2.11 bits per heavy atom. The summed E-state index contributed by atoms with van der Waals surface area (Å²) in [5, 5.41) is 18.4. The van der Waals surface area contributed by atoms with Crippen molar-refractivity contribution < 1.29 is 9.53 Å². The molecule has 2 aromatic heterocycles. The van der Waals surface area contributed by atoms with Crippen molar-refractivity contribution in [1.82, 2.24) is 30.0 Å². The Morgan fingerprint density at radius 3 is 2.78 bits per heavy atom. The molecule has 1 atom stereocenters. The van der Waals surface area contributed by atoms with E-state index in [0.717, 1.165) is 17.2 Å². The van der Waals surface area contributed by atoms with Crippen LogP contribution in [0.3, 0.4) is 0 Å². The van der Waals surface area contributed by atoms with Crippen LogP contribution in [0.4, 0.5) is 5.82 Å². The van der Waals surface area contributed by atoms with Gasteiger partial charge in [-0.15, -0.1) is 5.10 Å². The van der Waals surface area contributed by atoms with E-state index < -0.39 is 0 Å². The second-order valence-electron chi connectivity index (χ2n) is 6.78. The number of carbonyl (C=O) groups excluding carboxylic acids is 1. The number of amides is 1. The Morgan fingerprint density at radius 1 is 1.33 bits per heavy atom. The average molecular weight is 367 g/mol. The van der Waals surface area contributed by atoms with Crippen molar-refractivity contribution in [2.24, 2.45) is 5.92 Å². The third-order valence-electron chi connectivity index (χ3n) is 4.64. The molecule has 1 amide bonds. The molecule has 1 aliphatic carbocycles. The van der Waals surface area contributed by atoms with E-state index in [1.165, 1.54) is 19.2 Å². The van der Waals surface area contributed by atoms with E-state index in [-0.39, 0.29) is 18.6 Å². The van der Waals surface area contributed by atoms with Gasteiger partial charge < -0.3 is 10.1 Å². The summed E-state index contributed by atoms with van der Waals surface area (Å²) in [4.78, 5) is 12.3.